The van der Waals surface area contributed by atoms with E-state index in [4.69, 9.17) is 28.7 Å². The summed E-state index contributed by atoms with van der Waals surface area (Å²) in [4.78, 5) is 56.9. The number of amides is 3. The summed E-state index contributed by atoms with van der Waals surface area (Å²) in [6.45, 7) is 5.36. The van der Waals surface area contributed by atoms with E-state index in [1.165, 1.54) is 6.92 Å². The summed E-state index contributed by atoms with van der Waals surface area (Å²) in [7, 11) is 0. The average Bonchev–Trinajstić information content (AvgIpc) is 2.76. The van der Waals surface area contributed by atoms with Crippen molar-refractivity contribution >= 4 is 35.6 Å². The highest BCUT2D eigenvalue weighted by atomic mass is 16.4. The van der Waals surface area contributed by atoms with Crippen molar-refractivity contribution in [1.29, 1.82) is 0 Å². The Bertz CT molecular complexity index is 778. The van der Waals surface area contributed by atoms with Crippen LogP contribution in [0.1, 0.15) is 46.5 Å². The first-order valence-corrected chi connectivity index (χ1v) is 11.3. The molecule has 0 saturated carbocycles. The van der Waals surface area contributed by atoms with E-state index in [2.05, 4.69) is 25.9 Å². The van der Waals surface area contributed by atoms with Crippen LogP contribution in [0.3, 0.4) is 0 Å². The zero-order valence-electron chi connectivity index (χ0n) is 20.5. The molecule has 0 bridgehead atoms. The maximum Gasteiger partial charge on any atom is 0.326 e. The molecule has 0 aromatic heterocycles. The summed E-state index contributed by atoms with van der Waals surface area (Å²) in [5.74, 6) is -3.51. The van der Waals surface area contributed by atoms with Crippen LogP contribution in [-0.2, 0) is 19.2 Å². The van der Waals surface area contributed by atoms with Gasteiger partial charge in [0.25, 0.3) is 0 Å². The lowest BCUT2D eigenvalue weighted by Crippen LogP contribution is -2.56. The van der Waals surface area contributed by atoms with Gasteiger partial charge in [-0.25, -0.2) is 4.79 Å². The second-order valence-electron chi connectivity index (χ2n) is 8.36. The number of carboxylic acid groups (broad SMARTS) is 1. The van der Waals surface area contributed by atoms with Gasteiger partial charge in [-0.05, 0) is 38.5 Å². The molecule has 0 aliphatic heterocycles. The van der Waals surface area contributed by atoms with Crippen LogP contribution in [0.15, 0.2) is 9.98 Å². The molecule has 200 valence electrons. The number of nitrogens with one attached hydrogen (secondary N) is 3. The first-order valence-electron chi connectivity index (χ1n) is 11.3. The number of guanidine groups is 2. The Labute approximate surface area is 204 Å². The molecule has 0 heterocycles. The monoisotopic (exact) mass is 500 g/mol. The Balaban J connectivity index is 5.29. The minimum atomic E-state index is -1.25. The van der Waals surface area contributed by atoms with Crippen molar-refractivity contribution in [3.8, 4) is 0 Å². The first-order chi connectivity index (χ1) is 16.3. The highest BCUT2D eigenvalue weighted by Gasteiger charge is 2.28. The molecular formula is C20H40N10O5. The van der Waals surface area contributed by atoms with Gasteiger partial charge in [0.2, 0.25) is 17.7 Å². The van der Waals surface area contributed by atoms with Gasteiger partial charge in [-0.3, -0.25) is 24.4 Å². The van der Waals surface area contributed by atoms with Crippen molar-refractivity contribution in [2.24, 2.45) is 44.6 Å². The molecule has 4 atom stereocenters. The fourth-order valence-electron chi connectivity index (χ4n) is 2.78. The molecule has 0 aliphatic rings. The van der Waals surface area contributed by atoms with Crippen molar-refractivity contribution in [3.63, 3.8) is 0 Å². The highest BCUT2D eigenvalue weighted by molar-refractivity contribution is 5.93. The van der Waals surface area contributed by atoms with Crippen LogP contribution in [0.4, 0.5) is 0 Å². The van der Waals surface area contributed by atoms with Gasteiger partial charge in [0.05, 0.1) is 6.04 Å². The molecule has 0 saturated heterocycles. The number of hydrogen-bond donors (Lipinski definition) is 9. The Morgan fingerprint density at radius 1 is 0.743 bits per heavy atom. The number of hydrogen-bond acceptors (Lipinski definition) is 7. The van der Waals surface area contributed by atoms with Gasteiger partial charge in [0.1, 0.15) is 18.1 Å². The Morgan fingerprint density at radius 2 is 1.20 bits per heavy atom. The maximum atomic E-state index is 12.9. The van der Waals surface area contributed by atoms with Crippen molar-refractivity contribution < 1.29 is 24.3 Å². The maximum absolute atomic E-state index is 12.9. The molecule has 14 N–H and O–H groups in total. The number of aliphatic imine (C=N–C) groups is 2. The topological polar surface area (TPSA) is 279 Å². The largest absolute Gasteiger partial charge is 0.480 e. The number of carbonyl (C=O) groups excluding carboxylic acids is 3. The average molecular weight is 501 g/mol. The van der Waals surface area contributed by atoms with E-state index < -0.39 is 47.9 Å². The summed E-state index contributed by atoms with van der Waals surface area (Å²) >= 11 is 0. The number of nitrogens with two attached hydrogens (primary N) is 5. The van der Waals surface area contributed by atoms with Crippen LogP contribution in [-0.4, -0.2) is 78.0 Å². The molecule has 15 heteroatoms. The number of nitrogens with zero attached hydrogens (tertiary/aromatic N) is 2. The third-order valence-electron chi connectivity index (χ3n) is 4.91. The second kappa shape index (κ2) is 16.1. The van der Waals surface area contributed by atoms with Gasteiger partial charge in [-0.15, -0.1) is 0 Å². The van der Waals surface area contributed by atoms with Crippen LogP contribution in [0.25, 0.3) is 0 Å². The van der Waals surface area contributed by atoms with Crippen molar-refractivity contribution in [2.75, 3.05) is 13.1 Å². The molecule has 0 aromatic rings. The fraction of sp³-hybridized carbons (Fsp3) is 0.700. The van der Waals surface area contributed by atoms with Crippen LogP contribution in [0.5, 0.6) is 0 Å². The predicted octanol–water partition coefficient (Wildman–Crippen LogP) is -3.36. The zero-order chi connectivity index (χ0) is 27.1. The summed E-state index contributed by atoms with van der Waals surface area (Å²) in [5, 5.41) is 16.9. The summed E-state index contributed by atoms with van der Waals surface area (Å²) < 4.78 is 0. The summed E-state index contributed by atoms with van der Waals surface area (Å²) in [6.07, 6.45) is 0.792. The van der Waals surface area contributed by atoms with E-state index in [1.807, 2.05) is 0 Å². The fourth-order valence-corrected chi connectivity index (χ4v) is 2.78. The first kappa shape index (κ1) is 31.4. The van der Waals surface area contributed by atoms with Crippen molar-refractivity contribution in [2.45, 2.75) is 70.6 Å². The van der Waals surface area contributed by atoms with Gasteiger partial charge in [-0.1, -0.05) is 13.8 Å². The molecule has 15 nitrogen and oxygen atoms in total. The quantitative estimate of drug-likeness (QED) is 0.0576. The lowest BCUT2D eigenvalue weighted by Gasteiger charge is -2.24. The number of rotatable bonds is 16. The van der Waals surface area contributed by atoms with Gasteiger partial charge in [-0.2, -0.15) is 0 Å². The second-order valence-corrected chi connectivity index (χ2v) is 8.36. The molecule has 0 spiro atoms. The predicted molar refractivity (Wildman–Crippen MR) is 132 cm³/mol. The molecule has 4 unspecified atom stereocenters. The van der Waals surface area contributed by atoms with E-state index in [1.54, 1.807) is 13.8 Å². The lowest BCUT2D eigenvalue weighted by atomic mass is 10.0. The molecule has 0 aliphatic carbocycles. The normalized spacial score (nSPS) is 14.1. The SMILES string of the molecule is CC(NC(=O)C(N)C(C)C)C(=O)NC(CCCN=C(N)N)C(=O)NC(CCCN=C(N)N)C(=O)O. The third kappa shape index (κ3) is 13.6. The van der Waals surface area contributed by atoms with E-state index in [-0.39, 0.29) is 43.8 Å². The molecule has 0 rings (SSSR count). The van der Waals surface area contributed by atoms with Gasteiger partial charge >= 0.3 is 5.97 Å². The zero-order valence-corrected chi connectivity index (χ0v) is 20.5. The standard InChI is InChI=1S/C20H40N10O5/c1-10(2)14(21)17(33)28-11(3)15(31)29-12(6-4-8-26-19(22)23)16(32)30-13(18(34)35)7-5-9-27-20(24)25/h10-14H,4-9,21H2,1-3H3,(H,28,33)(H,29,31)(H,30,32)(H,34,35)(H4,22,23,26)(H4,24,25,27). The smallest absolute Gasteiger partial charge is 0.326 e. The van der Waals surface area contributed by atoms with Crippen LogP contribution < -0.4 is 44.6 Å². The van der Waals surface area contributed by atoms with Crippen LogP contribution in [0, 0.1) is 5.92 Å². The lowest BCUT2D eigenvalue weighted by molar-refractivity contribution is -0.142. The third-order valence-corrected chi connectivity index (χ3v) is 4.91. The summed E-state index contributed by atoms with van der Waals surface area (Å²) in [6, 6.07) is -4.13. The molecular weight excluding hydrogens is 460 g/mol. The number of aliphatic carboxylic acids is 1. The van der Waals surface area contributed by atoms with E-state index in [0.717, 1.165) is 0 Å². The Kier molecular flexibility index (Phi) is 14.4. The van der Waals surface area contributed by atoms with Crippen LogP contribution in [0.2, 0.25) is 0 Å². The minimum absolute atomic E-state index is 0.0616. The number of carboxylic acids is 1. The molecule has 0 fully saturated rings. The van der Waals surface area contributed by atoms with Gasteiger partial charge in [0, 0.05) is 13.1 Å². The molecule has 35 heavy (non-hydrogen) atoms. The Hall–Kier alpha value is -3.62. The van der Waals surface area contributed by atoms with E-state index in [9.17, 15) is 24.3 Å². The minimum Gasteiger partial charge on any atom is -0.480 e. The van der Waals surface area contributed by atoms with E-state index >= 15 is 0 Å². The van der Waals surface area contributed by atoms with E-state index in [0.29, 0.717) is 12.8 Å². The highest BCUT2D eigenvalue weighted by Crippen LogP contribution is 2.05. The van der Waals surface area contributed by atoms with Crippen molar-refractivity contribution in [3.05, 3.63) is 0 Å². The van der Waals surface area contributed by atoms with Crippen molar-refractivity contribution in [1.82, 2.24) is 16.0 Å². The summed E-state index contributed by atoms with van der Waals surface area (Å²) in [5.41, 5.74) is 26.9. The van der Waals surface area contributed by atoms with Gasteiger partial charge < -0.3 is 49.7 Å². The Morgan fingerprint density at radius 3 is 1.63 bits per heavy atom. The van der Waals surface area contributed by atoms with Gasteiger partial charge in [0.15, 0.2) is 11.9 Å². The molecule has 0 radical (unpaired) electrons. The van der Waals surface area contributed by atoms with Crippen LogP contribution >= 0.6 is 0 Å². The molecule has 0 aromatic carbocycles. The number of carbonyl (C=O) groups is 4. The molecule has 3 amide bonds.